The van der Waals surface area contributed by atoms with E-state index in [4.69, 9.17) is 4.74 Å². The van der Waals surface area contributed by atoms with Crippen LogP contribution in [0.3, 0.4) is 0 Å². The van der Waals surface area contributed by atoms with Gasteiger partial charge in [0.1, 0.15) is 18.3 Å². The highest BCUT2D eigenvalue weighted by Gasteiger charge is 2.35. The van der Waals surface area contributed by atoms with Crippen LogP contribution in [0.25, 0.3) is 0 Å². The van der Waals surface area contributed by atoms with Crippen LogP contribution in [-0.4, -0.2) is 51.4 Å². The third kappa shape index (κ3) is 8.03. The van der Waals surface area contributed by atoms with E-state index in [1.165, 1.54) is 24.1 Å². The normalized spacial score (nSPS) is 11.8. The van der Waals surface area contributed by atoms with Gasteiger partial charge in [0.05, 0.1) is 17.7 Å². The first-order valence-corrected chi connectivity index (χ1v) is 16.0. The van der Waals surface area contributed by atoms with Gasteiger partial charge in [0, 0.05) is 24.0 Å². The summed E-state index contributed by atoms with van der Waals surface area (Å²) < 4.78 is 35.6. The highest BCUT2D eigenvalue weighted by Crippen LogP contribution is 2.32. The van der Waals surface area contributed by atoms with Crippen molar-refractivity contribution in [1.82, 2.24) is 10.2 Å². The summed E-state index contributed by atoms with van der Waals surface area (Å²) in [6.45, 7) is 1.72. The Bertz CT molecular complexity index is 1620. The zero-order valence-corrected chi connectivity index (χ0v) is 26.4. The predicted molar refractivity (Wildman–Crippen MR) is 171 cm³/mol. The van der Waals surface area contributed by atoms with Crippen LogP contribution >= 0.6 is 15.9 Å². The zero-order chi connectivity index (χ0) is 30.8. The number of carbonyl (C=O) groups excluding carboxylic acids is 2. The Labute approximate surface area is 261 Å². The maximum atomic E-state index is 14.4. The van der Waals surface area contributed by atoms with Gasteiger partial charge in [-0.2, -0.15) is 0 Å². The average molecular weight is 665 g/mol. The minimum absolute atomic E-state index is 0.0257. The van der Waals surface area contributed by atoms with Crippen molar-refractivity contribution in [3.63, 3.8) is 0 Å². The Morgan fingerprint density at radius 2 is 1.44 bits per heavy atom. The van der Waals surface area contributed by atoms with Crippen LogP contribution in [0.1, 0.15) is 18.1 Å². The van der Waals surface area contributed by atoms with E-state index in [9.17, 15) is 18.0 Å². The van der Waals surface area contributed by atoms with Crippen LogP contribution in [0.4, 0.5) is 5.69 Å². The molecule has 8 nitrogen and oxygen atoms in total. The molecule has 4 aromatic rings. The molecule has 0 saturated heterocycles. The number of ether oxygens (including phenoxy) is 1. The summed E-state index contributed by atoms with van der Waals surface area (Å²) in [7, 11) is -2.77. The molecule has 0 heterocycles. The van der Waals surface area contributed by atoms with Gasteiger partial charge in [-0.3, -0.25) is 13.9 Å². The molecule has 0 bridgehead atoms. The number of carbonyl (C=O) groups is 2. The zero-order valence-electron chi connectivity index (χ0n) is 24.0. The number of benzene rings is 4. The second kappa shape index (κ2) is 14.8. The number of para-hydroxylation sites is 2. The van der Waals surface area contributed by atoms with Crippen LogP contribution in [0.15, 0.2) is 119 Å². The first-order chi connectivity index (χ1) is 20.7. The topological polar surface area (TPSA) is 96.0 Å². The molecule has 0 aromatic heterocycles. The smallest absolute Gasteiger partial charge is 0.264 e. The van der Waals surface area contributed by atoms with Gasteiger partial charge in [0.2, 0.25) is 11.8 Å². The second-order valence-corrected chi connectivity index (χ2v) is 12.5. The van der Waals surface area contributed by atoms with Gasteiger partial charge in [0.15, 0.2) is 0 Å². The maximum Gasteiger partial charge on any atom is 0.264 e. The first kappa shape index (κ1) is 31.8. The van der Waals surface area contributed by atoms with Crippen LogP contribution < -0.4 is 14.4 Å². The molecule has 0 fully saturated rings. The lowest BCUT2D eigenvalue weighted by molar-refractivity contribution is -0.140. The minimum Gasteiger partial charge on any atom is -0.495 e. The molecule has 1 atom stereocenters. The highest BCUT2D eigenvalue weighted by molar-refractivity contribution is 9.10. The molecule has 10 heteroatoms. The van der Waals surface area contributed by atoms with Crippen molar-refractivity contribution >= 4 is 43.5 Å². The number of nitrogens with zero attached hydrogens (tertiary/aromatic N) is 2. The average Bonchev–Trinajstić information content (AvgIpc) is 3.03. The van der Waals surface area contributed by atoms with Crippen molar-refractivity contribution in [3.8, 4) is 5.75 Å². The molecule has 0 spiro atoms. The largest absolute Gasteiger partial charge is 0.495 e. The summed E-state index contributed by atoms with van der Waals surface area (Å²) in [5, 5.41) is 2.86. The van der Waals surface area contributed by atoms with Gasteiger partial charge in [0.25, 0.3) is 10.0 Å². The van der Waals surface area contributed by atoms with Crippen molar-refractivity contribution in [2.75, 3.05) is 24.5 Å². The van der Waals surface area contributed by atoms with Crippen molar-refractivity contribution < 1.29 is 22.7 Å². The highest BCUT2D eigenvalue weighted by atomic mass is 79.9. The van der Waals surface area contributed by atoms with Crippen LogP contribution in [0.2, 0.25) is 0 Å². The Hall–Kier alpha value is -4.15. The molecule has 224 valence electrons. The van der Waals surface area contributed by atoms with E-state index in [0.29, 0.717) is 12.3 Å². The summed E-state index contributed by atoms with van der Waals surface area (Å²) in [6.07, 6.45) is 0.245. The predicted octanol–water partition coefficient (Wildman–Crippen LogP) is 5.43. The Morgan fingerprint density at radius 3 is 2.07 bits per heavy atom. The number of nitrogens with one attached hydrogen (secondary N) is 1. The lowest BCUT2D eigenvalue weighted by Crippen LogP contribution is -2.53. The number of sulfonamides is 1. The first-order valence-electron chi connectivity index (χ1n) is 13.8. The van der Waals surface area contributed by atoms with E-state index in [1.807, 2.05) is 61.5 Å². The van der Waals surface area contributed by atoms with Gasteiger partial charge in [-0.25, -0.2) is 8.42 Å². The van der Waals surface area contributed by atoms with Crippen molar-refractivity contribution in [2.45, 2.75) is 30.8 Å². The molecule has 1 N–H and O–H groups in total. The molecule has 0 aliphatic carbocycles. The summed E-state index contributed by atoms with van der Waals surface area (Å²) in [5.41, 5.74) is 1.86. The van der Waals surface area contributed by atoms with Gasteiger partial charge in [-0.15, -0.1) is 0 Å². The molecule has 0 unspecified atom stereocenters. The third-order valence-electron chi connectivity index (χ3n) is 6.85. The van der Waals surface area contributed by atoms with Gasteiger partial charge >= 0.3 is 0 Å². The maximum absolute atomic E-state index is 14.4. The molecule has 0 aliphatic heterocycles. The van der Waals surface area contributed by atoms with Crippen molar-refractivity contribution in [1.29, 1.82) is 0 Å². The molecular formula is C33H34BrN3O5S. The molecule has 2 amide bonds. The third-order valence-corrected chi connectivity index (χ3v) is 9.15. The molecule has 4 rings (SSSR count). The summed E-state index contributed by atoms with van der Waals surface area (Å²) >= 11 is 3.44. The molecule has 4 aromatic carbocycles. The standard InChI is InChI=1S/C33H34BrN3O5S/c1-3-35-33(39)30(22-25-12-6-4-7-13-25)36(23-26-18-20-27(34)21-19-26)32(38)24-37(29-16-10-11-17-31(29)42-2)43(40,41)28-14-8-5-9-15-28/h4-21,30H,3,22-24H2,1-2H3,(H,35,39)/t30-/m0/s1. The lowest BCUT2D eigenvalue weighted by atomic mass is 10.0. The fourth-order valence-electron chi connectivity index (χ4n) is 4.70. The van der Waals surface area contributed by atoms with E-state index in [1.54, 1.807) is 42.5 Å². The second-order valence-electron chi connectivity index (χ2n) is 9.74. The van der Waals surface area contributed by atoms with E-state index < -0.39 is 28.5 Å². The van der Waals surface area contributed by atoms with Crippen molar-refractivity contribution in [3.05, 3.63) is 125 Å². The molecular weight excluding hydrogens is 630 g/mol. The SMILES string of the molecule is CCNC(=O)[C@H](Cc1ccccc1)N(Cc1ccc(Br)cc1)C(=O)CN(c1ccccc1OC)S(=O)(=O)c1ccccc1. The molecule has 0 saturated carbocycles. The molecule has 43 heavy (non-hydrogen) atoms. The van der Waals surface area contributed by atoms with Gasteiger partial charge in [-0.05, 0) is 54.4 Å². The molecule has 0 aliphatic rings. The van der Waals surface area contributed by atoms with Gasteiger partial charge < -0.3 is 15.0 Å². The number of halogens is 1. The van der Waals surface area contributed by atoms with Crippen LogP contribution in [0, 0.1) is 0 Å². The van der Waals surface area contributed by atoms with Crippen LogP contribution in [-0.2, 0) is 32.6 Å². The summed E-state index contributed by atoms with van der Waals surface area (Å²) in [6, 6.07) is 30.5. The van der Waals surface area contributed by atoms with Gasteiger partial charge in [-0.1, -0.05) is 88.7 Å². The number of likely N-dealkylation sites (N-methyl/N-ethyl adjacent to an activating group) is 1. The Balaban J connectivity index is 1.81. The lowest BCUT2D eigenvalue weighted by Gasteiger charge is -2.34. The number of rotatable bonds is 13. The number of hydrogen-bond donors (Lipinski definition) is 1. The number of anilines is 1. The van der Waals surface area contributed by atoms with E-state index >= 15 is 0 Å². The monoisotopic (exact) mass is 663 g/mol. The fourth-order valence-corrected chi connectivity index (χ4v) is 6.41. The summed E-state index contributed by atoms with van der Waals surface area (Å²) in [4.78, 5) is 29.4. The Morgan fingerprint density at radius 1 is 0.837 bits per heavy atom. The fraction of sp³-hybridized carbons (Fsp3) is 0.212. The summed E-state index contributed by atoms with van der Waals surface area (Å²) in [5.74, 6) is -0.578. The van der Waals surface area contributed by atoms with Crippen LogP contribution in [0.5, 0.6) is 5.75 Å². The van der Waals surface area contributed by atoms with E-state index in [0.717, 1.165) is 19.9 Å². The Kier molecular flexibility index (Phi) is 11.0. The van der Waals surface area contributed by atoms with E-state index in [2.05, 4.69) is 21.2 Å². The number of methoxy groups -OCH3 is 1. The van der Waals surface area contributed by atoms with E-state index in [-0.39, 0.29) is 29.5 Å². The number of amides is 2. The minimum atomic E-state index is -4.21. The van der Waals surface area contributed by atoms with Crippen molar-refractivity contribution in [2.24, 2.45) is 0 Å². The quantitative estimate of drug-likeness (QED) is 0.206. The number of hydrogen-bond acceptors (Lipinski definition) is 5. The molecule has 0 radical (unpaired) electrons.